The number of benzene rings is 2. The van der Waals surface area contributed by atoms with E-state index in [1.54, 1.807) is 32.9 Å². The number of ether oxygens (including phenoxy) is 3. The Labute approximate surface area is 325 Å². The number of hydrogen-bond acceptors (Lipinski definition) is 12. The van der Waals surface area contributed by atoms with Crippen LogP contribution < -0.4 is 25.8 Å². The van der Waals surface area contributed by atoms with Gasteiger partial charge in [-0.15, -0.1) is 5.10 Å². The van der Waals surface area contributed by atoms with E-state index in [-0.39, 0.29) is 48.2 Å². The standard InChI is InChI=1S/C38H50FN7O9Si/c1-21(2)56(22(3)4,23(5)6)54-14-13-52-29-17-27(51-10)16-28(30(29)39)31(33-44-36(49)46(45-33)34-32(35(47)48)53-20-42-34)43-26-12-11-24(18-40)25(15-26)19-41-37(50)55-38(7,8)9/h11-12,15-17,20-23,31,43H,13-14,19H2,1-10H3,(H,41,50)(H,47,48)(H,44,45,49). The van der Waals surface area contributed by atoms with E-state index >= 15 is 4.39 Å². The number of oxazole rings is 1. The zero-order valence-corrected chi connectivity index (χ0v) is 34.3. The van der Waals surface area contributed by atoms with Crippen molar-refractivity contribution in [3.05, 3.63) is 81.3 Å². The van der Waals surface area contributed by atoms with Gasteiger partial charge in [0.25, 0.3) is 5.76 Å². The molecule has 0 aliphatic carbocycles. The Morgan fingerprint density at radius 1 is 1.09 bits per heavy atom. The molecule has 2 aromatic heterocycles. The van der Waals surface area contributed by atoms with Gasteiger partial charge in [0.05, 0.1) is 25.3 Å². The minimum atomic E-state index is -2.24. The summed E-state index contributed by atoms with van der Waals surface area (Å²) in [7, 11) is -0.835. The third kappa shape index (κ3) is 9.76. The highest BCUT2D eigenvalue weighted by Gasteiger charge is 2.45. The Kier molecular flexibility index (Phi) is 13.7. The fourth-order valence-electron chi connectivity index (χ4n) is 6.93. The van der Waals surface area contributed by atoms with Crippen LogP contribution in [0.2, 0.25) is 16.6 Å². The molecule has 0 aliphatic rings. The monoisotopic (exact) mass is 795 g/mol. The van der Waals surface area contributed by atoms with Crippen LogP contribution in [-0.4, -0.2) is 71.2 Å². The first-order valence-electron chi connectivity index (χ1n) is 18.1. The number of anilines is 1. The Hall–Kier alpha value is -5.67. The van der Waals surface area contributed by atoms with Crippen LogP contribution in [0.15, 0.2) is 45.9 Å². The minimum Gasteiger partial charge on any atom is -0.497 e. The van der Waals surface area contributed by atoms with Crippen molar-refractivity contribution in [2.24, 2.45) is 0 Å². The maximum absolute atomic E-state index is 16.8. The summed E-state index contributed by atoms with van der Waals surface area (Å²) in [6, 6.07) is 8.22. The molecular weight excluding hydrogens is 746 g/mol. The highest BCUT2D eigenvalue weighted by Crippen LogP contribution is 2.42. The zero-order valence-electron chi connectivity index (χ0n) is 33.3. The summed E-state index contributed by atoms with van der Waals surface area (Å²) in [5, 5.41) is 29.5. The van der Waals surface area contributed by atoms with E-state index in [1.807, 2.05) is 0 Å². The zero-order chi connectivity index (χ0) is 41.5. The number of halogens is 1. The molecule has 2 aromatic carbocycles. The summed E-state index contributed by atoms with van der Waals surface area (Å²) >= 11 is 0. The second-order valence-corrected chi connectivity index (χ2v) is 20.5. The maximum Gasteiger partial charge on any atom is 0.407 e. The number of nitrogens with zero attached hydrogens (tertiary/aromatic N) is 4. The van der Waals surface area contributed by atoms with Gasteiger partial charge in [-0.05, 0) is 67.2 Å². The topological polar surface area (TPSA) is 216 Å². The Balaban J connectivity index is 1.78. The summed E-state index contributed by atoms with van der Waals surface area (Å²) in [5.41, 5.74) is 0.238. The number of carbonyl (C=O) groups excluding carboxylic acids is 1. The smallest absolute Gasteiger partial charge is 0.407 e. The van der Waals surface area contributed by atoms with Gasteiger partial charge in [-0.25, -0.2) is 18.8 Å². The number of carbonyl (C=O) groups is 2. The van der Waals surface area contributed by atoms with Crippen molar-refractivity contribution in [3.8, 4) is 23.4 Å². The van der Waals surface area contributed by atoms with Crippen LogP contribution in [0.3, 0.4) is 0 Å². The third-order valence-electron chi connectivity index (χ3n) is 9.20. The molecule has 0 saturated carbocycles. The molecule has 56 heavy (non-hydrogen) atoms. The van der Waals surface area contributed by atoms with Gasteiger partial charge in [-0.1, -0.05) is 41.5 Å². The van der Waals surface area contributed by atoms with Gasteiger partial charge in [0.15, 0.2) is 32.1 Å². The molecule has 0 fully saturated rings. The molecule has 2 heterocycles. The van der Waals surface area contributed by atoms with Crippen molar-refractivity contribution in [2.75, 3.05) is 25.6 Å². The fraction of sp³-hybridized carbons (Fsp3) is 0.474. The average molecular weight is 796 g/mol. The van der Waals surface area contributed by atoms with Gasteiger partial charge < -0.3 is 38.8 Å². The molecule has 0 aliphatic heterocycles. The molecule has 0 radical (unpaired) electrons. The average Bonchev–Trinajstić information content (AvgIpc) is 3.76. The van der Waals surface area contributed by atoms with Crippen LogP contribution in [-0.2, 0) is 15.7 Å². The highest BCUT2D eigenvalue weighted by atomic mass is 28.4. The van der Waals surface area contributed by atoms with E-state index in [0.29, 0.717) is 32.6 Å². The number of rotatable bonds is 17. The first-order valence-corrected chi connectivity index (χ1v) is 20.2. The van der Waals surface area contributed by atoms with Crippen molar-refractivity contribution >= 4 is 26.1 Å². The van der Waals surface area contributed by atoms with Gasteiger partial charge >= 0.3 is 17.8 Å². The number of amides is 1. The number of nitrogens with one attached hydrogen (secondary N) is 3. The lowest BCUT2D eigenvalue weighted by Gasteiger charge is -2.42. The first kappa shape index (κ1) is 43.1. The van der Waals surface area contributed by atoms with Gasteiger partial charge in [-0.3, -0.25) is 4.98 Å². The summed E-state index contributed by atoms with van der Waals surface area (Å²) in [6.45, 7) is 18.3. The first-order chi connectivity index (χ1) is 26.3. The maximum atomic E-state index is 16.8. The van der Waals surface area contributed by atoms with Crippen LogP contribution in [0, 0.1) is 17.1 Å². The van der Waals surface area contributed by atoms with Gasteiger partial charge in [0, 0.05) is 23.9 Å². The van der Waals surface area contributed by atoms with E-state index in [4.69, 9.17) is 23.1 Å². The molecule has 16 nitrogen and oxygen atoms in total. The summed E-state index contributed by atoms with van der Waals surface area (Å²) in [4.78, 5) is 43.9. The highest BCUT2D eigenvalue weighted by molar-refractivity contribution is 6.77. The molecule has 4 rings (SSSR count). The molecule has 4 aromatic rings. The van der Waals surface area contributed by atoms with Crippen LogP contribution in [0.1, 0.15) is 101 Å². The SMILES string of the molecule is COc1cc(OCCO[Si](C(C)C)(C(C)C)C(C)C)c(F)c(C(Nc2ccc(C#N)c(CNC(=O)OC(C)(C)C)c2)c2nn(-c3ncoc3C(=O)O)c(=O)[nH]2)c1. The number of aromatic nitrogens is 4. The van der Waals surface area contributed by atoms with Crippen LogP contribution >= 0.6 is 0 Å². The number of hydrogen-bond donors (Lipinski definition) is 4. The molecule has 1 amide bonds. The second-order valence-electron chi connectivity index (χ2n) is 15.0. The molecule has 1 atom stereocenters. The normalized spacial score (nSPS) is 12.4. The fourth-order valence-corrected chi connectivity index (χ4v) is 12.4. The van der Waals surface area contributed by atoms with E-state index in [0.717, 1.165) is 6.39 Å². The van der Waals surface area contributed by atoms with E-state index < -0.39 is 55.1 Å². The number of carboxylic acids is 1. The minimum absolute atomic E-state index is 0.0295. The van der Waals surface area contributed by atoms with Gasteiger partial charge in [0.2, 0.25) is 5.82 Å². The molecule has 302 valence electrons. The summed E-state index contributed by atoms with van der Waals surface area (Å²) in [5.74, 6) is -3.46. The lowest BCUT2D eigenvalue weighted by molar-refractivity contribution is 0.0522. The third-order valence-corrected chi connectivity index (χ3v) is 15.3. The molecule has 18 heteroatoms. The molecule has 4 N–H and O–H groups in total. The molecule has 1 unspecified atom stereocenters. The van der Waals surface area contributed by atoms with Crippen molar-refractivity contribution in [1.29, 1.82) is 5.26 Å². The quantitative estimate of drug-likeness (QED) is 0.0623. The van der Waals surface area contributed by atoms with Crippen molar-refractivity contribution in [2.45, 2.75) is 97.1 Å². The van der Waals surface area contributed by atoms with Crippen molar-refractivity contribution in [3.63, 3.8) is 0 Å². The number of aromatic carboxylic acids is 1. The number of carboxylic acid groups (broad SMARTS) is 1. The molecule has 0 saturated heterocycles. The number of methoxy groups -OCH3 is 1. The number of alkyl carbamates (subject to hydrolysis) is 1. The van der Waals surface area contributed by atoms with Crippen LogP contribution in [0.25, 0.3) is 5.82 Å². The summed E-state index contributed by atoms with van der Waals surface area (Å²) in [6.07, 6.45) is 0.153. The van der Waals surface area contributed by atoms with Crippen molar-refractivity contribution in [1.82, 2.24) is 25.1 Å². The summed E-state index contributed by atoms with van der Waals surface area (Å²) < 4.78 is 45.9. The molecular formula is C38H50FN7O9Si. The van der Waals surface area contributed by atoms with Crippen LogP contribution in [0.5, 0.6) is 11.5 Å². The molecule has 0 bridgehead atoms. The number of H-pyrrole nitrogens is 1. The number of aromatic amines is 1. The van der Waals surface area contributed by atoms with Gasteiger partial charge in [0.1, 0.15) is 24.0 Å². The van der Waals surface area contributed by atoms with Gasteiger partial charge in [-0.2, -0.15) is 14.9 Å². The van der Waals surface area contributed by atoms with E-state index in [1.165, 1.54) is 25.3 Å². The van der Waals surface area contributed by atoms with Crippen molar-refractivity contribution < 1.29 is 42.1 Å². The Morgan fingerprint density at radius 2 is 1.77 bits per heavy atom. The lowest BCUT2D eigenvalue weighted by atomic mass is 10.0. The Bertz CT molecular complexity index is 2090. The number of nitriles is 1. The lowest BCUT2D eigenvalue weighted by Crippen LogP contribution is -2.48. The Morgan fingerprint density at radius 3 is 2.36 bits per heavy atom. The largest absolute Gasteiger partial charge is 0.497 e. The van der Waals surface area contributed by atoms with E-state index in [9.17, 15) is 24.8 Å². The van der Waals surface area contributed by atoms with E-state index in [2.05, 4.69) is 73.3 Å². The van der Waals surface area contributed by atoms with Crippen LogP contribution in [0.4, 0.5) is 14.9 Å². The predicted molar refractivity (Wildman–Crippen MR) is 206 cm³/mol. The predicted octanol–water partition coefficient (Wildman–Crippen LogP) is 7.06. The second kappa shape index (κ2) is 17.9. The molecule has 0 spiro atoms.